The van der Waals surface area contributed by atoms with Crippen LogP contribution < -0.4 is 10.6 Å². The summed E-state index contributed by atoms with van der Waals surface area (Å²) in [5.74, 6) is 0. The van der Waals surface area contributed by atoms with Crippen LogP contribution in [-0.2, 0) is 0 Å². The van der Waals surface area contributed by atoms with Gasteiger partial charge in [-0.1, -0.05) is 12.1 Å². The number of hydrogen-bond donors (Lipinski definition) is 1. The molecule has 2 N–H and O–H groups in total. The molecule has 0 saturated heterocycles. The summed E-state index contributed by atoms with van der Waals surface area (Å²) in [5, 5.41) is 0. The van der Waals surface area contributed by atoms with E-state index in [9.17, 15) is 0 Å². The number of anilines is 1. The van der Waals surface area contributed by atoms with Gasteiger partial charge in [0.2, 0.25) is 0 Å². The second kappa shape index (κ2) is 3.58. The molecule has 2 nitrogen and oxygen atoms in total. The molecule has 1 heterocycles. The first kappa shape index (κ1) is 8.88. The Hall–Kier alpha value is -1.70. The first-order chi connectivity index (χ1) is 6.75. The van der Waals surface area contributed by atoms with Crippen LogP contribution in [0.2, 0.25) is 0 Å². The third-order valence-electron chi connectivity index (χ3n) is 2.26. The molecule has 1 aliphatic heterocycles. The van der Waals surface area contributed by atoms with Crippen LogP contribution in [0.25, 0.3) is 0 Å². The Labute approximate surface area is 84.3 Å². The predicted octanol–water partition coefficient (Wildman–Crippen LogP) is 2.17. The van der Waals surface area contributed by atoms with Crippen molar-refractivity contribution >= 4 is 5.69 Å². The molecule has 0 bridgehead atoms. The molecular weight excluding hydrogens is 172 g/mol. The second-order valence-corrected chi connectivity index (χ2v) is 3.55. The van der Waals surface area contributed by atoms with Gasteiger partial charge in [0.15, 0.2) is 0 Å². The molecule has 0 spiro atoms. The third-order valence-corrected chi connectivity index (χ3v) is 2.26. The van der Waals surface area contributed by atoms with E-state index in [1.54, 1.807) is 0 Å². The highest BCUT2D eigenvalue weighted by molar-refractivity contribution is 5.53. The number of allylic oxidation sites excluding steroid dienone is 2. The summed E-state index contributed by atoms with van der Waals surface area (Å²) in [6.45, 7) is 2.87. The molecule has 1 aromatic carbocycles. The number of nitrogens with zero attached hydrogens (tertiary/aromatic N) is 1. The molecule has 1 aromatic rings. The Morgan fingerprint density at radius 2 is 2.21 bits per heavy atom. The lowest BCUT2D eigenvalue weighted by atomic mass is 10.2. The quantitative estimate of drug-likeness (QED) is 0.728. The van der Waals surface area contributed by atoms with Gasteiger partial charge < -0.3 is 10.6 Å². The highest BCUT2D eigenvalue weighted by atomic mass is 15.1. The van der Waals surface area contributed by atoms with Crippen molar-refractivity contribution in [2.45, 2.75) is 6.92 Å². The minimum absolute atomic E-state index is 0.778. The fourth-order valence-electron chi connectivity index (χ4n) is 1.56. The van der Waals surface area contributed by atoms with Gasteiger partial charge in [0.05, 0.1) is 6.54 Å². The summed E-state index contributed by atoms with van der Waals surface area (Å²) in [7, 11) is 0. The zero-order valence-electron chi connectivity index (χ0n) is 8.27. The van der Waals surface area contributed by atoms with Crippen molar-refractivity contribution in [3.63, 3.8) is 0 Å². The van der Waals surface area contributed by atoms with E-state index in [2.05, 4.69) is 36.1 Å². The van der Waals surface area contributed by atoms with E-state index in [1.165, 1.54) is 11.3 Å². The van der Waals surface area contributed by atoms with Crippen LogP contribution in [0, 0.1) is 6.92 Å². The molecule has 2 heteroatoms. The number of rotatable bonds is 1. The van der Waals surface area contributed by atoms with Crippen LogP contribution in [0.15, 0.2) is 48.3 Å². The first-order valence-electron chi connectivity index (χ1n) is 4.72. The van der Waals surface area contributed by atoms with Gasteiger partial charge in [0.1, 0.15) is 0 Å². The molecule has 0 saturated carbocycles. The summed E-state index contributed by atoms with van der Waals surface area (Å²) < 4.78 is 0. The van der Waals surface area contributed by atoms with Crippen LogP contribution in [0.3, 0.4) is 0 Å². The van der Waals surface area contributed by atoms with Crippen molar-refractivity contribution in [2.75, 3.05) is 11.4 Å². The molecule has 0 atom stereocenters. The average Bonchev–Trinajstić information content (AvgIpc) is 2.18. The van der Waals surface area contributed by atoms with Gasteiger partial charge in [-0.3, -0.25) is 0 Å². The molecular formula is C12H14N2. The molecule has 72 valence electrons. The smallest absolute Gasteiger partial charge is 0.0620 e. The van der Waals surface area contributed by atoms with E-state index in [4.69, 9.17) is 5.73 Å². The van der Waals surface area contributed by atoms with Crippen LogP contribution in [0.5, 0.6) is 0 Å². The van der Waals surface area contributed by atoms with Crippen LogP contribution in [0.4, 0.5) is 5.69 Å². The van der Waals surface area contributed by atoms with Gasteiger partial charge in [0, 0.05) is 17.6 Å². The number of aryl methyl sites for hydroxylation is 1. The van der Waals surface area contributed by atoms with Gasteiger partial charge in [-0.2, -0.15) is 0 Å². The molecule has 0 unspecified atom stereocenters. The SMILES string of the molecule is Cc1cccc(N2C=CC=C(N)C2)c1. The summed E-state index contributed by atoms with van der Waals surface area (Å²) in [4.78, 5) is 2.14. The maximum absolute atomic E-state index is 5.77. The summed E-state index contributed by atoms with van der Waals surface area (Å²) in [5.41, 5.74) is 9.13. The van der Waals surface area contributed by atoms with Crippen molar-refractivity contribution < 1.29 is 0 Å². The molecule has 0 aliphatic carbocycles. The van der Waals surface area contributed by atoms with E-state index < -0.39 is 0 Å². The van der Waals surface area contributed by atoms with Crippen molar-refractivity contribution in [1.82, 2.24) is 0 Å². The van der Waals surface area contributed by atoms with E-state index in [1.807, 2.05) is 18.4 Å². The predicted molar refractivity (Wildman–Crippen MR) is 59.9 cm³/mol. The highest BCUT2D eigenvalue weighted by Crippen LogP contribution is 2.18. The van der Waals surface area contributed by atoms with Gasteiger partial charge >= 0.3 is 0 Å². The van der Waals surface area contributed by atoms with E-state index >= 15 is 0 Å². The maximum Gasteiger partial charge on any atom is 0.0620 e. The van der Waals surface area contributed by atoms with Crippen molar-refractivity contribution in [3.05, 3.63) is 53.9 Å². The Bertz CT molecular complexity index is 391. The van der Waals surface area contributed by atoms with Gasteiger partial charge in [-0.05, 0) is 36.8 Å². The average molecular weight is 186 g/mol. The van der Waals surface area contributed by atoms with Gasteiger partial charge in [-0.15, -0.1) is 0 Å². The number of nitrogens with two attached hydrogens (primary N) is 1. The summed E-state index contributed by atoms with van der Waals surface area (Å²) in [6, 6.07) is 8.41. The zero-order valence-corrected chi connectivity index (χ0v) is 8.27. The van der Waals surface area contributed by atoms with E-state index in [0.717, 1.165) is 12.2 Å². The lowest BCUT2D eigenvalue weighted by molar-refractivity contribution is 0.994. The van der Waals surface area contributed by atoms with Gasteiger partial charge in [-0.25, -0.2) is 0 Å². The van der Waals surface area contributed by atoms with Crippen LogP contribution >= 0.6 is 0 Å². The first-order valence-corrected chi connectivity index (χ1v) is 4.72. The van der Waals surface area contributed by atoms with Crippen LogP contribution in [0.1, 0.15) is 5.56 Å². The van der Waals surface area contributed by atoms with E-state index in [-0.39, 0.29) is 0 Å². The van der Waals surface area contributed by atoms with E-state index in [0.29, 0.717) is 0 Å². The summed E-state index contributed by atoms with van der Waals surface area (Å²) >= 11 is 0. The maximum atomic E-state index is 5.77. The van der Waals surface area contributed by atoms with Gasteiger partial charge in [0.25, 0.3) is 0 Å². The Kier molecular flexibility index (Phi) is 2.27. The lowest BCUT2D eigenvalue weighted by Gasteiger charge is -2.23. The van der Waals surface area contributed by atoms with Crippen molar-refractivity contribution in [2.24, 2.45) is 5.73 Å². The fraction of sp³-hybridized carbons (Fsp3) is 0.167. The largest absolute Gasteiger partial charge is 0.401 e. The minimum Gasteiger partial charge on any atom is -0.401 e. The number of benzene rings is 1. The molecule has 0 aromatic heterocycles. The normalized spacial score (nSPS) is 15.5. The third kappa shape index (κ3) is 1.79. The Balaban J connectivity index is 2.25. The second-order valence-electron chi connectivity index (χ2n) is 3.55. The minimum atomic E-state index is 0.778. The standard InChI is InChI=1S/C12H14N2/c1-10-4-2-6-12(8-10)14-7-3-5-11(13)9-14/h2-8H,9,13H2,1H3. The van der Waals surface area contributed by atoms with Crippen molar-refractivity contribution in [1.29, 1.82) is 0 Å². The summed E-state index contributed by atoms with van der Waals surface area (Å²) in [6.07, 6.45) is 5.96. The molecule has 0 fully saturated rings. The molecule has 2 rings (SSSR count). The molecule has 14 heavy (non-hydrogen) atoms. The lowest BCUT2D eigenvalue weighted by Crippen LogP contribution is -2.24. The molecule has 0 amide bonds. The topological polar surface area (TPSA) is 29.3 Å². The Morgan fingerprint density at radius 3 is 2.93 bits per heavy atom. The van der Waals surface area contributed by atoms with Crippen LogP contribution in [-0.4, -0.2) is 6.54 Å². The molecule has 1 aliphatic rings. The molecule has 0 radical (unpaired) electrons. The zero-order chi connectivity index (χ0) is 9.97. The monoisotopic (exact) mass is 186 g/mol. The Morgan fingerprint density at radius 1 is 1.36 bits per heavy atom. The highest BCUT2D eigenvalue weighted by Gasteiger charge is 2.06. The fourth-order valence-corrected chi connectivity index (χ4v) is 1.56. The van der Waals surface area contributed by atoms with Crippen molar-refractivity contribution in [3.8, 4) is 0 Å². The number of hydrogen-bond acceptors (Lipinski definition) is 2.